The van der Waals surface area contributed by atoms with Crippen LogP contribution in [0.2, 0.25) is 0 Å². The number of amides is 2. The fraction of sp³-hybridized carbons (Fsp3) is 0.0870. The molecule has 0 spiro atoms. The maximum Gasteiger partial charge on any atom is 0.349 e. The zero-order chi connectivity index (χ0) is 21.3. The number of ether oxygens (including phenoxy) is 2. The van der Waals surface area contributed by atoms with E-state index in [1.54, 1.807) is 54.6 Å². The molecule has 6 nitrogen and oxygen atoms in total. The van der Waals surface area contributed by atoms with Crippen LogP contribution >= 0.6 is 15.9 Å². The van der Waals surface area contributed by atoms with E-state index in [1.165, 1.54) is 6.07 Å². The number of benzene rings is 3. The number of carbonyl (C=O) groups is 3. The first-order valence-corrected chi connectivity index (χ1v) is 9.91. The Hall–Kier alpha value is -3.45. The molecule has 1 heterocycles. The number of nitrogens with zero attached hydrogens (tertiary/aromatic N) is 1. The first kappa shape index (κ1) is 19.8. The second kappa shape index (κ2) is 8.12. The van der Waals surface area contributed by atoms with E-state index in [-0.39, 0.29) is 12.4 Å². The van der Waals surface area contributed by atoms with Crippen LogP contribution in [0.5, 0.6) is 11.5 Å². The van der Waals surface area contributed by atoms with E-state index < -0.39 is 17.8 Å². The summed E-state index contributed by atoms with van der Waals surface area (Å²) in [6.07, 6.45) is 0. The molecule has 1 aliphatic heterocycles. The van der Waals surface area contributed by atoms with Crippen molar-refractivity contribution in [2.75, 3.05) is 11.5 Å². The lowest BCUT2D eigenvalue weighted by atomic mass is 10.1. The van der Waals surface area contributed by atoms with Crippen LogP contribution in [0.3, 0.4) is 0 Å². The van der Waals surface area contributed by atoms with Crippen molar-refractivity contribution in [1.29, 1.82) is 0 Å². The largest absolute Gasteiger partial charge is 0.482 e. The Bertz CT molecular complexity index is 1140. The molecule has 4 rings (SSSR count). The molecule has 0 saturated heterocycles. The molecule has 0 fully saturated rings. The second-order valence-corrected chi connectivity index (χ2v) is 7.52. The van der Waals surface area contributed by atoms with Gasteiger partial charge in [0.2, 0.25) is 0 Å². The first-order chi connectivity index (χ1) is 14.4. The lowest BCUT2D eigenvalue weighted by Crippen LogP contribution is -2.29. The Labute approximate surface area is 181 Å². The molecule has 1 aliphatic rings. The van der Waals surface area contributed by atoms with Crippen molar-refractivity contribution >= 4 is 39.4 Å². The van der Waals surface area contributed by atoms with Gasteiger partial charge in [0.25, 0.3) is 11.8 Å². The van der Waals surface area contributed by atoms with Crippen LogP contribution in [0.15, 0.2) is 71.2 Å². The van der Waals surface area contributed by atoms with Crippen LogP contribution < -0.4 is 14.4 Å². The van der Waals surface area contributed by atoms with Gasteiger partial charge in [0.05, 0.1) is 16.8 Å². The number of aryl methyl sites for hydroxylation is 1. The normalized spacial score (nSPS) is 12.7. The number of hydrogen-bond donors (Lipinski definition) is 0. The van der Waals surface area contributed by atoms with Gasteiger partial charge in [-0.1, -0.05) is 34.1 Å². The molecule has 0 saturated carbocycles. The molecule has 2 amide bonds. The maximum absolute atomic E-state index is 12.6. The smallest absolute Gasteiger partial charge is 0.349 e. The monoisotopic (exact) mass is 465 g/mol. The van der Waals surface area contributed by atoms with Crippen molar-refractivity contribution < 1.29 is 23.9 Å². The number of halogens is 1. The molecular weight excluding hydrogens is 450 g/mol. The van der Waals surface area contributed by atoms with Gasteiger partial charge >= 0.3 is 5.97 Å². The van der Waals surface area contributed by atoms with Gasteiger partial charge < -0.3 is 9.47 Å². The molecule has 0 N–H and O–H groups in total. The summed E-state index contributed by atoms with van der Waals surface area (Å²) in [5, 5.41) is 0. The topological polar surface area (TPSA) is 72.9 Å². The Morgan fingerprint density at radius 3 is 2.27 bits per heavy atom. The van der Waals surface area contributed by atoms with Crippen LogP contribution in [-0.4, -0.2) is 24.4 Å². The van der Waals surface area contributed by atoms with E-state index in [4.69, 9.17) is 9.47 Å². The van der Waals surface area contributed by atoms with Gasteiger partial charge in [-0.05, 0) is 55.0 Å². The highest BCUT2D eigenvalue weighted by Crippen LogP contribution is 2.30. The van der Waals surface area contributed by atoms with Crippen molar-refractivity contribution in [3.63, 3.8) is 0 Å². The summed E-state index contributed by atoms with van der Waals surface area (Å²) in [4.78, 5) is 38.5. The van der Waals surface area contributed by atoms with Crippen molar-refractivity contribution in [3.8, 4) is 11.5 Å². The Morgan fingerprint density at radius 1 is 0.900 bits per heavy atom. The Balaban J connectivity index is 1.45. The highest BCUT2D eigenvalue weighted by Gasteiger charge is 2.36. The summed E-state index contributed by atoms with van der Waals surface area (Å²) in [6.45, 7) is 1.64. The van der Waals surface area contributed by atoms with E-state index in [1.807, 2.05) is 13.0 Å². The minimum absolute atomic E-state index is 0.213. The number of fused-ring (bicyclic) bond motifs is 1. The number of carbonyl (C=O) groups excluding carboxylic acids is 3. The van der Waals surface area contributed by atoms with Gasteiger partial charge in [-0.3, -0.25) is 9.59 Å². The molecular formula is C23H16BrNO5. The zero-order valence-electron chi connectivity index (χ0n) is 15.9. The highest BCUT2D eigenvalue weighted by atomic mass is 79.9. The summed E-state index contributed by atoms with van der Waals surface area (Å²) in [5.74, 6) is -0.659. The van der Waals surface area contributed by atoms with E-state index in [9.17, 15) is 14.4 Å². The minimum atomic E-state index is -0.602. The number of imide groups is 1. The fourth-order valence-corrected chi connectivity index (χ4v) is 3.37. The molecule has 0 radical (unpaired) electrons. The van der Waals surface area contributed by atoms with Crippen LogP contribution in [0.1, 0.15) is 26.3 Å². The number of hydrogen-bond acceptors (Lipinski definition) is 5. The predicted octanol–water partition coefficient (Wildman–Crippen LogP) is 4.54. The third-order valence-corrected chi connectivity index (χ3v) is 5.48. The van der Waals surface area contributed by atoms with Crippen molar-refractivity contribution in [1.82, 2.24) is 0 Å². The van der Waals surface area contributed by atoms with Crippen LogP contribution in [0.4, 0.5) is 5.69 Å². The van der Waals surface area contributed by atoms with E-state index in [0.29, 0.717) is 22.6 Å². The molecule has 150 valence electrons. The van der Waals surface area contributed by atoms with Crippen LogP contribution in [0, 0.1) is 6.92 Å². The SMILES string of the molecule is Cc1cc(OCC(=O)Oc2cccc(N3C(=O)c4ccccc4C3=O)c2)ccc1Br. The summed E-state index contributed by atoms with van der Waals surface area (Å²) in [6, 6.07) is 18.3. The third-order valence-electron chi connectivity index (χ3n) is 4.59. The number of rotatable bonds is 5. The summed E-state index contributed by atoms with van der Waals surface area (Å²) in [5.41, 5.74) is 2.01. The van der Waals surface area contributed by atoms with Crippen molar-refractivity contribution in [3.05, 3.63) is 87.9 Å². The standard InChI is InChI=1S/C23H16BrNO5/c1-14-11-16(9-10-20(14)24)29-13-21(26)30-17-6-4-5-15(12-17)25-22(27)18-7-2-3-8-19(18)23(25)28/h2-12H,13H2,1H3. The Kier molecular flexibility index (Phi) is 5.37. The lowest BCUT2D eigenvalue weighted by molar-refractivity contribution is -0.136. The van der Waals surface area contributed by atoms with Gasteiger partial charge in [-0.25, -0.2) is 9.69 Å². The predicted molar refractivity (Wildman–Crippen MR) is 114 cm³/mol. The van der Waals surface area contributed by atoms with E-state index >= 15 is 0 Å². The fourth-order valence-electron chi connectivity index (χ4n) is 3.12. The molecule has 0 atom stereocenters. The number of anilines is 1. The molecule has 0 unspecified atom stereocenters. The van der Waals surface area contributed by atoms with Gasteiger partial charge in [-0.15, -0.1) is 0 Å². The van der Waals surface area contributed by atoms with Gasteiger partial charge in [0.1, 0.15) is 11.5 Å². The lowest BCUT2D eigenvalue weighted by Gasteiger charge is -2.15. The summed E-state index contributed by atoms with van der Waals surface area (Å²) in [7, 11) is 0. The molecule has 30 heavy (non-hydrogen) atoms. The maximum atomic E-state index is 12.6. The molecule has 3 aromatic carbocycles. The molecule has 0 aromatic heterocycles. The second-order valence-electron chi connectivity index (χ2n) is 6.66. The van der Waals surface area contributed by atoms with Gasteiger partial charge in [0, 0.05) is 10.5 Å². The molecule has 0 bridgehead atoms. The van der Waals surface area contributed by atoms with E-state index in [0.717, 1.165) is 14.9 Å². The summed E-state index contributed by atoms with van der Waals surface area (Å²) < 4.78 is 11.7. The van der Waals surface area contributed by atoms with Crippen LogP contribution in [0.25, 0.3) is 0 Å². The Morgan fingerprint density at radius 2 is 1.60 bits per heavy atom. The van der Waals surface area contributed by atoms with E-state index in [2.05, 4.69) is 15.9 Å². The zero-order valence-corrected chi connectivity index (χ0v) is 17.5. The highest BCUT2D eigenvalue weighted by molar-refractivity contribution is 9.10. The van der Waals surface area contributed by atoms with Gasteiger partial charge in [0.15, 0.2) is 6.61 Å². The molecule has 7 heteroatoms. The molecule has 3 aromatic rings. The van der Waals surface area contributed by atoms with Gasteiger partial charge in [-0.2, -0.15) is 0 Å². The minimum Gasteiger partial charge on any atom is -0.482 e. The third kappa shape index (κ3) is 3.84. The average Bonchev–Trinajstić information content (AvgIpc) is 3.00. The summed E-state index contributed by atoms with van der Waals surface area (Å²) >= 11 is 3.41. The average molecular weight is 466 g/mol. The first-order valence-electron chi connectivity index (χ1n) is 9.11. The number of esters is 1. The molecule has 0 aliphatic carbocycles. The van der Waals surface area contributed by atoms with Crippen molar-refractivity contribution in [2.24, 2.45) is 0 Å². The van der Waals surface area contributed by atoms with Crippen LogP contribution in [-0.2, 0) is 4.79 Å². The van der Waals surface area contributed by atoms with Crippen molar-refractivity contribution in [2.45, 2.75) is 6.92 Å². The quantitative estimate of drug-likeness (QED) is 0.314.